The minimum absolute atomic E-state index is 0.00140. The first-order valence-electron chi connectivity index (χ1n) is 26.0. The van der Waals surface area contributed by atoms with E-state index in [-0.39, 0.29) is 56.0 Å². The highest BCUT2D eigenvalue weighted by atomic mass is 19.4. The Hall–Kier alpha value is -6.47. The van der Waals surface area contributed by atoms with Crippen LogP contribution in [0.15, 0.2) is 140 Å². The smallest absolute Gasteiger partial charge is 0.419 e. The van der Waals surface area contributed by atoms with Crippen molar-refractivity contribution >= 4 is 5.97 Å². The molecule has 0 aromatic heterocycles. The van der Waals surface area contributed by atoms with Crippen molar-refractivity contribution in [2.75, 3.05) is 66.3 Å². The number of halogens is 6. The number of rotatable bonds is 25. The lowest BCUT2D eigenvalue weighted by atomic mass is 9.86. The van der Waals surface area contributed by atoms with Gasteiger partial charge in [0, 0.05) is 74.1 Å². The molecule has 0 radical (unpaired) electrons. The Kier molecular flexibility index (Phi) is 23.0. The average molecular weight is 1070 g/mol. The molecule has 2 aliphatic rings. The first-order valence-corrected chi connectivity index (χ1v) is 26.0. The Morgan fingerprint density at radius 1 is 0.558 bits per heavy atom. The maximum absolute atomic E-state index is 13.6. The lowest BCUT2D eigenvalue weighted by Crippen LogP contribution is -2.47. The van der Waals surface area contributed by atoms with Crippen LogP contribution in [0, 0.1) is 17.5 Å². The molecule has 0 saturated carbocycles. The maximum Gasteiger partial charge on any atom is 0.419 e. The van der Waals surface area contributed by atoms with E-state index in [1.165, 1.54) is 30.9 Å². The van der Waals surface area contributed by atoms with Gasteiger partial charge >= 0.3 is 12.1 Å². The van der Waals surface area contributed by atoms with Crippen molar-refractivity contribution in [3.8, 4) is 17.2 Å². The van der Waals surface area contributed by atoms with Crippen LogP contribution in [-0.4, -0.2) is 84.4 Å². The highest BCUT2D eigenvalue weighted by Crippen LogP contribution is 2.33. The fourth-order valence-electron chi connectivity index (χ4n) is 9.21. The zero-order chi connectivity index (χ0) is 54.2. The average Bonchev–Trinajstić information content (AvgIpc) is 3.45. The van der Waals surface area contributed by atoms with Gasteiger partial charge in [0.25, 0.3) is 0 Å². The predicted octanol–water partition coefficient (Wildman–Crippen LogP) is 10.8. The molecule has 2 saturated heterocycles. The van der Waals surface area contributed by atoms with Crippen LogP contribution in [0.4, 0.5) is 26.3 Å². The number of carbonyl (C=O) groups excluding carboxylic acids is 1. The number of hydrogen-bond acceptors (Lipinski definition) is 11. The molecule has 6 aromatic carbocycles. The standard InChI is InChI=1S/C31H37FN2O5.C29H31F5N2O2/c1-36-31(35)22-39-27-8-4-6-23(18-27)19-34-30-20-33-15-14-28(30)24-10-12-26(13-11-24)38-17-5-16-37-21-25-7-2-3-9-29(25)32;30-26-5-2-1-4-22(26)19-37-14-3-15-38-23-9-7-21(8-10-23)24-12-13-35-18-28(24)36-17-20-6-11-27(31)25(16-20)29(32,33)34/h2-4,6-13,18,28,30,33-34H,5,14-17,19-22H2,1H3;1-2,4-11,16,24,28,35-36H,3,12-15,17-19H2. The van der Waals surface area contributed by atoms with Gasteiger partial charge in [-0.25, -0.2) is 18.0 Å². The predicted molar refractivity (Wildman–Crippen MR) is 282 cm³/mol. The van der Waals surface area contributed by atoms with E-state index in [0.29, 0.717) is 74.3 Å². The molecule has 0 aliphatic carbocycles. The highest BCUT2D eigenvalue weighted by molar-refractivity contribution is 5.70. The summed E-state index contributed by atoms with van der Waals surface area (Å²) < 4.78 is 113. The van der Waals surface area contributed by atoms with E-state index in [1.54, 1.807) is 30.3 Å². The second-order valence-electron chi connectivity index (χ2n) is 18.8. The molecule has 11 nitrogen and oxygen atoms in total. The van der Waals surface area contributed by atoms with Crippen LogP contribution in [0.1, 0.15) is 76.5 Å². The van der Waals surface area contributed by atoms with Crippen LogP contribution < -0.4 is 35.5 Å². The highest BCUT2D eigenvalue weighted by Gasteiger charge is 2.34. The molecule has 4 unspecified atom stereocenters. The summed E-state index contributed by atoms with van der Waals surface area (Å²) in [5.74, 6) is 0.558. The summed E-state index contributed by atoms with van der Waals surface area (Å²) in [6.07, 6.45) is -1.43. The van der Waals surface area contributed by atoms with Crippen LogP contribution in [0.5, 0.6) is 17.2 Å². The van der Waals surface area contributed by atoms with Gasteiger partial charge in [-0.3, -0.25) is 0 Å². The van der Waals surface area contributed by atoms with Crippen molar-refractivity contribution in [1.82, 2.24) is 21.3 Å². The van der Waals surface area contributed by atoms with Gasteiger partial charge < -0.3 is 49.7 Å². The molecule has 0 bridgehead atoms. The van der Waals surface area contributed by atoms with Crippen LogP contribution in [0.2, 0.25) is 0 Å². The van der Waals surface area contributed by atoms with Gasteiger partial charge in [0.15, 0.2) is 6.61 Å². The first-order chi connectivity index (χ1) is 37.4. The quantitative estimate of drug-likeness (QED) is 0.0249. The monoisotopic (exact) mass is 1070 g/mol. The second-order valence-corrected chi connectivity index (χ2v) is 18.8. The molecular weight excluding hydrogens is 1000 g/mol. The molecule has 412 valence electrons. The number of esters is 1. The van der Waals surface area contributed by atoms with Crippen molar-refractivity contribution in [2.24, 2.45) is 0 Å². The molecule has 2 aliphatic heterocycles. The van der Waals surface area contributed by atoms with Gasteiger partial charge in [-0.15, -0.1) is 0 Å². The summed E-state index contributed by atoms with van der Waals surface area (Å²) in [4.78, 5) is 11.3. The summed E-state index contributed by atoms with van der Waals surface area (Å²) in [7, 11) is 1.34. The fraction of sp³-hybridized carbons (Fsp3) is 0.383. The Balaban J connectivity index is 0.000000224. The molecule has 2 heterocycles. The van der Waals surface area contributed by atoms with E-state index in [4.69, 9.17) is 23.7 Å². The van der Waals surface area contributed by atoms with E-state index in [9.17, 15) is 31.1 Å². The minimum Gasteiger partial charge on any atom is -0.494 e. The molecule has 17 heteroatoms. The van der Waals surface area contributed by atoms with Crippen LogP contribution >= 0.6 is 0 Å². The summed E-state index contributed by atoms with van der Waals surface area (Å²) >= 11 is 0. The van der Waals surface area contributed by atoms with Crippen molar-refractivity contribution < 1.29 is 59.6 Å². The topological polar surface area (TPSA) is 121 Å². The Morgan fingerprint density at radius 2 is 1.06 bits per heavy atom. The molecular formula is C60H68F6N4O7. The van der Waals surface area contributed by atoms with Crippen LogP contribution in [-0.2, 0) is 51.5 Å². The zero-order valence-corrected chi connectivity index (χ0v) is 43.2. The maximum atomic E-state index is 13.6. The van der Waals surface area contributed by atoms with Crippen molar-refractivity contribution in [1.29, 1.82) is 0 Å². The Bertz CT molecular complexity index is 2720. The van der Waals surface area contributed by atoms with Crippen LogP contribution in [0.3, 0.4) is 0 Å². The number of nitrogens with one attached hydrogen (secondary N) is 4. The summed E-state index contributed by atoms with van der Waals surface area (Å²) in [5.41, 5.74) is 3.70. The van der Waals surface area contributed by atoms with E-state index in [0.717, 1.165) is 73.7 Å². The lowest BCUT2D eigenvalue weighted by molar-refractivity contribution is -0.143. The number of piperidine rings is 2. The number of benzene rings is 6. The first kappa shape index (κ1) is 58.2. The van der Waals surface area contributed by atoms with E-state index < -0.39 is 23.5 Å². The minimum atomic E-state index is -4.73. The normalized spacial score (nSPS) is 17.4. The Morgan fingerprint density at radius 3 is 1.56 bits per heavy atom. The van der Waals surface area contributed by atoms with Gasteiger partial charge in [0.05, 0.1) is 52.3 Å². The van der Waals surface area contributed by atoms with Gasteiger partial charge in [0.1, 0.15) is 34.7 Å². The van der Waals surface area contributed by atoms with Crippen molar-refractivity contribution in [3.63, 3.8) is 0 Å². The SMILES string of the molecule is COC(=O)COc1cccc(CNC2CNCCC2c2ccc(OCCCOCc3ccccc3F)cc2)c1.Fc1ccccc1COCCCOc1ccc(C2CCNCC2NCc2ccc(F)c(C(F)(F)F)c2)cc1. The number of carbonyl (C=O) groups is 1. The molecule has 4 atom stereocenters. The van der Waals surface area contributed by atoms with Gasteiger partial charge in [-0.05, 0) is 109 Å². The largest absolute Gasteiger partial charge is 0.494 e. The fourth-order valence-corrected chi connectivity index (χ4v) is 9.21. The number of alkyl halides is 3. The van der Waals surface area contributed by atoms with E-state index >= 15 is 0 Å². The van der Waals surface area contributed by atoms with E-state index in [2.05, 4.69) is 38.1 Å². The summed E-state index contributed by atoms with van der Waals surface area (Å²) in [6.45, 7) is 6.60. The molecule has 77 heavy (non-hydrogen) atoms. The van der Waals surface area contributed by atoms with Gasteiger partial charge in [-0.1, -0.05) is 78.9 Å². The molecule has 4 N–H and O–H groups in total. The van der Waals surface area contributed by atoms with Gasteiger partial charge in [-0.2, -0.15) is 13.2 Å². The lowest BCUT2D eigenvalue weighted by Gasteiger charge is -2.33. The number of methoxy groups -OCH3 is 1. The molecule has 0 amide bonds. The summed E-state index contributed by atoms with van der Waals surface area (Å²) in [6, 6.07) is 40.5. The van der Waals surface area contributed by atoms with Crippen LogP contribution in [0.25, 0.3) is 0 Å². The molecule has 2 fully saturated rings. The molecule has 0 spiro atoms. The van der Waals surface area contributed by atoms with E-state index in [1.807, 2.05) is 66.7 Å². The van der Waals surface area contributed by atoms with Crippen molar-refractivity contribution in [3.05, 3.63) is 196 Å². The number of ether oxygens (including phenoxy) is 6. The number of hydrogen-bond donors (Lipinski definition) is 4. The summed E-state index contributed by atoms with van der Waals surface area (Å²) in [5, 5.41) is 13.9. The third kappa shape index (κ3) is 18.9. The van der Waals surface area contributed by atoms with Gasteiger partial charge in [0.2, 0.25) is 0 Å². The Labute approximate surface area is 447 Å². The van der Waals surface area contributed by atoms with Crippen molar-refractivity contribution in [2.45, 2.75) is 82.1 Å². The second kappa shape index (κ2) is 30.5. The third-order valence-corrected chi connectivity index (χ3v) is 13.4. The molecule has 6 aromatic rings. The molecule has 8 rings (SSSR count). The third-order valence-electron chi connectivity index (χ3n) is 13.4. The zero-order valence-electron chi connectivity index (χ0n) is 43.2.